The van der Waals surface area contributed by atoms with Gasteiger partial charge in [-0.1, -0.05) is 36.0 Å². The van der Waals surface area contributed by atoms with E-state index in [-0.39, 0.29) is 11.8 Å². The molecule has 0 aliphatic heterocycles. The molecular formula is C23H21BrO4. The van der Waals surface area contributed by atoms with Gasteiger partial charge >= 0.3 is 11.9 Å². The third-order valence-electron chi connectivity index (χ3n) is 5.96. The molecule has 2 aromatic rings. The fraction of sp³-hybridized carbons (Fsp3) is 0.304. The zero-order valence-corrected chi connectivity index (χ0v) is 17.5. The summed E-state index contributed by atoms with van der Waals surface area (Å²) in [6.45, 7) is 11.1. The van der Waals surface area contributed by atoms with Crippen molar-refractivity contribution in [2.45, 2.75) is 38.5 Å². The van der Waals surface area contributed by atoms with Crippen LogP contribution < -0.4 is 9.47 Å². The van der Waals surface area contributed by atoms with Crippen LogP contribution in [0.5, 0.6) is 11.5 Å². The van der Waals surface area contributed by atoms with Crippen molar-refractivity contribution in [3.8, 4) is 11.5 Å². The minimum absolute atomic E-state index is 0.275. The summed E-state index contributed by atoms with van der Waals surface area (Å²) in [5.74, 6) is 1.15. The second-order valence-electron chi connectivity index (χ2n) is 7.62. The number of esters is 2. The molecule has 0 heterocycles. The van der Waals surface area contributed by atoms with Gasteiger partial charge in [0.1, 0.15) is 11.5 Å². The lowest BCUT2D eigenvalue weighted by atomic mass is 9.87. The van der Waals surface area contributed by atoms with E-state index in [1.165, 1.54) is 6.08 Å². The predicted octanol–water partition coefficient (Wildman–Crippen LogP) is 5.79. The maximum absolute atomic E-state index is 12.4. The summed E-state index contributed by atoms with van der Waals surface area (Å²) >= 11 is 3.50. The fourth-order valence-corrected chi connectivity index (χ4v) is 5.06. The lowest BCUT2D eigenvalue weighted by Crippen LogP contribution is -2.14. The third kappa shape index (κ3) is 2.80. The molecule has 0 radical (unpaired) electrons. The SMILES string of the molecule is C=CC(=O)Oc1c2c(c(OC(=O)C(=C)C)c3cc(Br)ccc13)C1CCC2C1C. The minimum atomic E-state index is -0.492. The second-order valence-corrected chi connectivity index (χ2v) is 8.54. The Morgan fingerprint density at radius 2 is 1.71 bits per heavy atom. The van der Waals surface area contributed by atoms with E-state index in [0.29, 0.717) is 23.0 Å². The summed E-state index contributed by atoms with van der Waals surface area (Å²) in [5, 5.41) is 1.50. The molecule has 0 aromatic heterocycles. The maximum Gasteiger partial charge on any atom is 0.338 e. The van der Waals surface area contributed by atoms with Crippen LogP contribution in [0.25, 0.3) is 10.8 Å². The molecule has 2 aliphatic carbocycles. The fourth-order valence-electron chi connectivity index (χ4n) is 4.70. The van der Waals surface area contributed by atoms with Crippen molar-refractivity contribution in [3.63, 3.8) is 0 Å². The minimum Gasteiger partial charge on any atom is -0.422 e. The maximum atomic E-state index is 12.4. The van der Waals surface area contributed by atoms with Crippen LogP contribution in [-0.2, 0) is 9.59 Å². The molecule has 2 aromatic carbocycles. The van der Waals surface area contributed by atoms with Crippen molar-refractivity contribution >= 4 is 38.6 Å². The largest absolute Gasteiger partial charge is 0.422 e. The van der Waals surface area contributed by atoms with Crippen LogP contribution in [0.15, 0.2) is 47.5 Å². The van der Waals surface area contributed by atoms with Crippen molar-refractivity contribution in [1.82, 2.24) is 0 Å². The van der Waals surface area contributed by atoms with Crippen LogP contribution in [0.4, 0.5) is 0 Å². The molecule has 3 unspecified atom stereocenters. The van der Waals surface area contributed by atoms with Crippen LogP contribution in [0.2, 0.25) is 0 Å². The van der Waals surface area contributed by atoms with Crippen molar-refractivity contribution in [2.75, 3.05) is 0 Å². The number of carbonyl (C=O) groups excluding carboxylic acids is 2. The highest BCUT2D eigenvalue weighted by molar-refractivity contribution is 9.10. The second kappa shape index (κ2) is 6.89. The molecular weight excluding hydrogens is 420 g/mol. The van der Waals surface area contributed by atoms with Crippen LogP contribution >= 0.6 is 15.9 Å². The average molecular weight is 441 g/mol. The van der Waals surface area contributed by atoms with Crippen molar-refractivity contribution < 1.29 is 19.1 Å². The van der Waals surface area contributed by atoms with Gasteiger partial charge < -0.3 is 9.47 Å². The van der Waals surface area contributed by atoms with Crippen molar-refractivity contribution in [3.05, 3.63) is 58.6 Å². The number of fused-ring (bicyclic) bond motifs is 6. The first-order valence-electron chi connectivity index (χ1n) is 9.34. The van der Waals surface area contributed by atoms with Gasteiger partial charge in [-0.05, 0) is 55.7 Å². The summed E-state index contributed by atoms with van der Waals surface area (Å²) in [7, 11) is 0. The molecule has 3 atom stereocenters. The Morgan fingerprint density at radius 1 is 1.11 bits per heavy atom. The number of ether oxygens (including phenoxy) is 2. The Morgan fingerprint density at radius 3 is 2.29 bits per heavy atom. The molecule has 4 rings (SSSR count). The standard InChI is InChI=1S/C23H21BrO4/c1-5-18(25)27-21-16-7-6-13(24)10-17(16)22(28-23(26)11(2)3)20-15-9-8-14(12(15)4)19(20)21/h5-7,10,12,14-15H,1-2,8-9H2,3-4H3. The van der Waals surface area contributed by atoms with E-state index in [1.807, 2.05) is 18.2 Å². The Hall–Kier alpha value is -2.40. The van der Waals surface area contributed by atoms with Crippen LogP contribution in [0.1, 0.15) is 49.7 Å². The van der Waals surface area contributed by atoms with E-state index in [1.54, 1.807) is 6.92 Å². The molecule has 2 bridgehead atoms. The Bertz CT molecular complexity index is 1050. The predicted molar refractivity (Wildman–Crippen MR) is 112 cm³/mol. The van der Waals surface area contributed by atoms with Gasteiger partial charge in [0.15, 0.2) is 0 Å². The molecule has 0 saturated heterocycles. The number of hydrogen-bond acceptors (Lipinski definition) is 4. The van der Waals surface area contributed by atoms with Crippen LogP contribution in [-0.4, -0.2) is 11.9 Å². The monoisotopic (exact) mass is 440 g/mol. The van der Waals surface area contributed by atoms with Gasteiger partial charge in [0.2, 0.25) is 0 Å². The van der Waals surface area contributed by atoms with Gasteiger partial charge in [0.25, 0.3) is 0 Å². The molecule has 1 saturated carbocycles. The lowest BCUT2D eigenvalue weighted by Gasteiger charge is -2.24. The van der Waals surface area contributed by atoms with Gasteiger partial charge in [-0.2, -0.15) is 0 Å². The van der Waals surface area contributed by atoms with Gasteiger partial charge in [-0.15, -0.1) is 0 Å². The molecule has 0 spiro atoms. The molecule has 2 aliphatic rings. The van der Waals surface area contributed by atoms with Gasteiger partial charge in [-0.25, -0.2) is 9.59 Å². The van der Waals surface area contributed by atoms with E-state index in [9.17, 15) is 9.59 Å². The first-order valence-corrected chi connectivity index (χ1v) is 10.1. The zero-order valence-electron chi connectivity index (χ0n) is 15.9. The smallest absolute Gasteiger partial charge is 0.338 e. The average Bonchev–Trinajstić information content (AvgIpc) is 3.16. The number of benzene rings is 2. The molecule has 144 valence electrons. The van der Waals surface area contributed by atoms with Gasteiger partial charge in [-0.3, -0.25) is 0 Å². The Labute approximate surface area is 172 Å². The van der Waals surface area contributed by atoms with Gasteiger partial charge in [0.05, 0.1) is 0 Å². The number of carbonyl (C=O) groups is 2. The van der Waals surface area contributed by atoms with Crippen LogP contribution in [0, 0.1) is 5.92 Å². The van der Waals surface area contributed by atoms with Crippen molar-refractivity contribution in [2.24, 2.45) is 5.92 Å². The highest BCUT2D eigenvalue weighted by Gasteiger charge is 2.48. The summed E-state index contributed by atoms with van der Waals surface area (Å²) in [6.07, 6.45) is 3.24. The molecule has 1 fully saturated rings. The summed E-state index contributed by atoms with van der Waals surface area (Å²) in [4.78, 5) is 24.5. The van der Waals surface area contributed by atoms with Crippen molar-refractivity contribution in [1.29, 1.82) is 0 Å². The van der Waals surface area contributed by atoms with Crippen LogP contribution in [0.3, 0.4) is 0 Å². The Balaban J connectivity index is 2.06. The third-order valence-corrected chi connectivity index (χ3v) is 6.46. The first kappa shape index (κ1) is 18.9. The number of halogens is 1. The summed E-state index contributed by atoms with van der Waals surface area (Å²) in [6, 6.07) is 5.68. The summed E-state index contributed by atoms with van der Waals surface area (Å²) in [5.41, 5.74) is 2.34. The molecule has 0 N–H and O–H groups in total. The molecule has 28 heavy (non-hydrogen) atoms. The highest BCUT2D eigenvalue weighted by Crippen LogP contribution is 2.64. The molecule has 5 heteroatoms. The van der Waals surface area contributed by atoms with E-state index in [2.05, 4.69) is 36.0 Å². The molecule has 4 nitrogen and oxygen atoms in total. The topological polar surface area (TPSA) is 52.6 Å². The molecule has 0 amide bonds. The van der Waals surface area contributed by atoms with E-state index >= 15 is 0 Å². The van der Waals surface area contributed by atoms with E-state index in [4.69, 9.17) is 9.47 Å². The van der Waals surface area contributed by atoms with Gasteiger partial charge in [0, 0.05) is 38.0 Å². The summed E-state index contributed by atoms with van der Waals surface area (Å²) < 4.78 is 12.4. The van der Waals surface area contributed by atoms with E-state index in [0.717, 1.165) is 39.2 Å². The quantitative estimate of drug-likeness (QED) is 0.343. The number of hydrogen-bond donors (Lipinski definition) is 0. The number of rotatable bonds is 4. The zero-order chi connectivity index (χ0) is 20.2. The lowest BCUT2D eigenvalue weighted by molar-refractivity contribution is -0.130. The highest BCUT2D eigenvalue weighted by atomic mass is 79.9. The normalized spacial score (nSPS) is 22.0. The first-order chi connectivity index (χ1) is 13.3. The Kier molecular flexibility index (Phi) is 4.66. The van der Waals surface area contributed by atoms with E-state index < -0.39 is 11.9 Å².